The first-order valence-electron chi connectivity index (χ1n) is 9.18. The number of fused-ring (bicyclic) bond motifs is 1. The van der Waals surface area contributed by atoms with Crippen LogP contribution in [0.5, 0.6) is 0 Å². The molecule has 3 rings (SSSR count). The van der Waals surface area contributed by atoms with Crippen molar-refractivity contribution in [2.45, 2.75) is 49.1 Å². The summed E-state index contributed by atoms with van der Waals surface area (Å²) in [6, 6.07) is 9.43. The number of carbonyl (C=O) groups is 2. The highest BCUT2D eigenvalue weighted by molar-refractivity contribution is 8.00. The van der Waals surface area contributed by atoms with Crippen LogP contribution >= 0.6 is 11.8 Å². The summed E-state index contributed by atoms with van der Waals surface area (Å²) in [4.78, 5) is 42.8. The molecule has 0 unspecified atom stereocenters. The number of nitrogens with one attached hydrogen (secondary N) is 2. The van der Waals surface area contributed by atoms with Gasteiger partial charge in [0.2, 0.25) is 5.91 Å². The van der Waals surface area contributed by atoms with Crippen LogP contribution < -0.4 is 10.9 Å². The van der Waals surface area contributed by atoms with E-state index in [4.69, 9.17) is 0 Å². The first-order valence-corrected chi connectivity index (χ1v) is 10.1. The number of thioether (sulfide) groups is 1. The second-order valence-electron chi connectivity index (χ2n) is 6.71. The van der Waals surface area contributed by atoms with Crippen molar-refractivity contribution in [2.24, 2.45) is 0 Å². The van der Waals surface area contributed by atoms with Crippen molar-refractivity contribution < 1.29 is 14.3 Å². The molecule has 28 heavy (non-hydrogen) atoms. The normalized spacial score (nSPS) is 16.7. The Labute approximate surface area is 167 Å². The fourth-order valence-corrected chi connectivity index (χ4v) is 4.10. The molecule has 2 aromatic rings. The largest absolute Gasteiger partial charge is 0.469 e. The molecule has 1 amide bonds. The van der Waals surface area contributed by atoms with Gasteiger partial charge in [-0.15, -0.1) is 0 Å². The van der Waals surface area contributed by atoms with E-state index >= 15 is 0 Å². The summed E-state index contributed by atoms with van der Waals surface area (Å²) >= 11 is 1.15. The molecule has 8 heteroatoms. The number of aryl methyl sites for hydroxylation is 1. The lowest BCUT2D eigenvalue weighted by Crippen LogP contribution is -2.36. The van der Waals surface area contributed by atoms with Crippen LogP contribution in [0.2, 0.25) is 0 Å². The molecule has 1 heterocycles. The molecule has 148 valence electrons. The fraction of sp³-hybridized carbons (Fsp3) is 0.400. The molecule has 0 spiro atoms. The van der Waals surface area contributed by atoms with Crippen LogP contribution in [0.4, 0.5) is 0 Å². The highest BCUT2D eigenvalue weighted by Crippen LogP contribution is 2.30. The number of H-pyrrole nitrogens is 1. The van der Waals surface area contributed by atoms with Gasteiger partial charge in [0, 0.05) is 6.07 Å². The SMILES string of the molecule is COC(=O)Cc1cc(=O)[nH]c(S[C@@H](C)C(=O)N[C@@H]2CCCc3ccccc32)n1. The van der Waals surface area contributed by atoms with Crippen LogP contribution in [0.3, 0.4) is 0 Å². The number of aromatic nitrogens is 2. The van der Waals surface area contributed by atoms with E-state index < -0.39 is 11.2 Å². The number of benzene rings is 1. The van der Waals surface area contributed by atoms with E-state index in [0.29, 0.717) is 10.9 Å². The van der Waals surface area contributed by atoms with Gasteiger partial charge in [0.15, 0.2) is 5.16 Å². The zero-order valence-electron chi connectivity index (χ0n) is 15.9. The van der Waals surface area contributed by atoms with Crippen LogP contribution in [0, 0.1) is 0 Å². The molecule has 0 radical (unpaired) electrons. The van der Waals surface area contributed by atoms with E-state index in [1.165, 1.54) is 24.3 Å². The average Bonchev–Trinajstić information content (AvgIpc) is 2.67. The lowest BCUT2D eigenvalue weighted by molar-refractivity contribution is -0.139. The van der Waals surface area contributed by atoms with E-state index in [0.717, 1.165) is 31.0 Å². The lowest BCUT2D eigenvalue weighted by atomic mass is 9.88. The fourth-order valence-electron chi connectivity index (χ4n) is 3.26. The Balaban J connectivity index is 1.67. The van der Waals surface area contributed by atoms with Gasteiger partial charge in [-0.25, -0.2) is 4.98 Å². The predicted octanol–water partition coefficient (Wildman–Crippen LogP) is 2.16. The zero-order valence-corrected chi connectivity index (χ0v) is 16.7. The molecule has 0 aliphatic heterocycles. The van der Waals surface area contributed by atoms with Gasteiger partial charge in [-0.05, 0) is 37.3 Å². The summed E-state index contributed by atoms with van der Waals surface area (Å²) in [6.45, 7) is 1.77. The molecule has 0 saturated carbocycles. The van der Waals surface area contributed by atoms with Crippen molar-refractivity contribution in [3.05, 3.63) is 57.5 Å². The van der Waals surface area contributed by atoms with E-state index in [-0.39, 0.29) is 23.9 Å². The maximum Gasteiger partial charge on any atom is 0.311 e. The Hall–Kier alpha value is -2.61. The molecule has 1 aliphatic carbocycles. The van der Waals surface area contributed by atoms with Crippen molar-refractivity contribution in [2.75, 3.05) is 7.11 Å². The van der Waals surface area contributed by atoms with Gasteiger partial charge in [-0.3, -0.25) is 14.4 Å². The van der Waals surface area contributed by atoms with Gasteiger partial charge in [-0.2, -0.15) is 0 Å². The molecule has 0 saturated heterocycles. The third-order valence-electron chi connectivity index (χ3n) is 4.67. The second-order valence-corrected chi connectivity index (χ2v) is 8.04. The number of hydrogen-bond acceptors (Lipinski definition) is 6. The monoisotopic (exact) mass is 401 g/mol. The van der Waals surface area contributed by atoms with Crippen molar-refractivity contribution >= 4 is 23.6 Å². The van der Waals surface area contributed by atoms with E-state index in [9.17, 15) is 14.4 Å². The van der Waals surface area contributed by atoms with Crippen LogP contribution in [0.15, 0.2) is 40.3 Å². The Morgan fingerprint density at radius 2 is 2.18 bits per heavy atom. The molecule has 7 nitrogen and oxygen atoms in total. The summed E-state index contributed by atoms with van der Waals surface area (Å²) < 4.78 is 4.60. The number of ether oxygens (including phenoxy) is 1. The maximum absolute atomic E-state index is 12.7. The van der Waals surface area contributed by atoms with Gasteiger partial charge in [0.25, 0.3) is 5.56 Å². The molecule has 1 aromatic carbocycles. The minimum Gasteiger partial charge on any atom is -0.469 e. The predicted molar refractivity (Wildman–Crippen MR) is 106 cm³/mol. The minimum absolute atomic E-state index is 0.00170. The van der Waals surface area contributed by atoms with Crippen LogP contribution in [-0.4, -0.2) is 34.2 Å². The van der Waals surface area contributed by atoms with Crippen molar-refractivity contribution in [1.82, 2.24) is 15.3 Å². The minimum atomic E-state index is -0.476. The Morgan fingerprint density at radius 3 is 2.96 bits per heavy atom. The third kappa shape index (κ3) is 5.01. The summed E-state index contributed by atoms with van der Waals surface area (Å²) in [7, 11) is 1.28. The Kier molecular flexibility index (Phi) is 6.51. The number of nitrogens with zero attached hydrogens (tertiary/aromatic N) is 1. The van der Waals surface area contributed by atoms with E-state index in [2.05, 4.69) is 32.2 Å². The molecule has 1 aliphatic rings. The lowest BCUT2D eigenvalue weighted by Gasteiger charge is -2.27. The van der Waals surface area contributed by atoms with E-state index in [1.807, 2.05) is 12.1 Å². The van der Waals surface area contributed by atoms with Gasteiger partial charge in [-0.1, -0.05) is 36.0 Å². The van der Waals surface area contributed by atoms with E-state index in [1.54, 1.807) is 6.92 Å². The highest BCUT2D eigenvalue weighted by atomic mass is 32.2. The van der Waals surface area contributed by atoms with Crippen LogP contribution in [0.1, 0.15) is 42.6 Å². The number of amides is 1. The topological polar surface area (TPSA) is 101 Å². The zero-order chi connectivity index (χ0) is 20.1. The molecule has 1 aromatic heterocycles. The number of esters is 1. The van der Waals surface area contributed by atoms with Crippen LogP contribution in [0.25, 0.3) is 0 Å². The molecular formula is C20H23N3O4S. The third-order valence-corrected chi connectivity index (χ3v) is 5.65. The smallest absolute Gasteiger partial charge is 0.311 e. The second kappa shape index (κ2) is 9.05. The molecule has 0 fully saturated rings. The first-order chi connectivity index (χ1) is 13.5. The maximum atomic E-state index is 12.7. The number of methoxy groups -OCH3 is 1. The first kappa shape index (κ1) is 20.1. The number of hydrogen-bond donors (Lipinski definition) is 2. The van der Waals surface area contributed by atoms with Gasteiger partial charge in [0.05, 0.1) is 30.5 Å². The molecule has 0 bridgehead atoms. The highest BCUT2D eigenvalue weighted by Gasteiger charge is 2.24. The Bertz CT molecular complexity index is 928. The van der Waals surface area contributed by atoms with Gasteiger partial charge < -0.3 is 15.0 Å². The van der Waals surface area contributed by atoms with Crippen molar-refractivity contribution in [3.8, 4) is 0 Å². The quantitative estimate of drug-likeness (QED) is 0.437. The summed E-state index contributed by atoms with van der Waals surface area (Å²) in [5, 5.41) is 2.96. The summed E-state index contributed by atoms with van der Waals surface area (Å²) in [5.74, 6) is -0.594. The van der Waals surface area contributed by atoms with Crippen molar-refractivity contribution in [1.29, 1.82) is 0 Å². The Morgan fingerprint density at radius 1 is 1.39 bits per heavy atom. The van der Waals surface area contributed by atoms with Gasteiger partial charge in [0.1, 0.15) is 0 Å². The molecular weight excluding hydrogens is 378 g/mol. The molecule has 2 N–H and O–H groups in total. The standard InChI is InChI=1S/C20H23N3O4S/c1-12(28-20-21-14(10-17(24)23-20)11-18(25)27-2)19(26)22-16-9-5-7-13-6-3-4-8-15(13)16/h3-4,6,8,10,12,16H,5,7,9,11H2,1-2H3,(H,22,26)(H,21,23,24)/t12-,16+/m0/s1. The van der Waals surface area contributed by atoms with Crippen LogP contribution in [-0.2, 0) is 27.2 Å². The number of aromatic amines is 1. The van der Waals surface area contributed by atoms with Crippen molar-refractivity contribution in [3.63, 3.8) is 0 Å². The van der Waals surface area contributed by atoms with Gasteiger partial charge >= 0.3 is 5.97 Å². The number of rotatable bonds is 6. The average molecular weight is 401 g/mol. The number of carbonyl (C=O) groups excluding carboxylic acids is 2. The summed E-state index contributed by atoms with van der Waals surface area (Å²) in [6.07, 6.45) is 2.89. The summed E-state index contributed by atoms with van der Waals surface area (Å²) in [5.41, 5.74) is 2.39. The molecule has 2 atom stereocenters.